The third-order valence-electron chi connectivity index (χ3n) is 3.77. The molecule has 1 saturated heterocycles. The van der Waals surface area contributed by atoms with Crippen LogP contribution in [0.1, 0.15) is 25.8 Å². The van der Waals surface area contributed by atoms with Crippen molar-refractivity contribution in [3.05, 3.63) is 29.8 Å². The van der Waals surface area contributed by atoms with Gasteiger partial charge >= 0.3 is 0 Å². The Morgan fingerprint density at radius 3 is 2.90 bits per heavy atom. The number of benzene rings is 1. The first-order valence-corrected chi connectivity index (χ1v) is 7.32. The average molecular weight is 279 g/mol. The zero-order valence-electron chi connectivity index (χ0n) is 12.7. The van der Waals surface area contributed by atoms with Gasteiger partial charge in [-0.25, -0.2) is 0 Å². The van der Waals surface area contributed by atoms with Gasteiger partial charge in [0, 0.05) is 6.04 Å². The van der Waals surface area contributed by atoms with Crippen molar-refractivity contribution in [1.82, 2.24) is 4.90 Å². The molecule has 1 aliphatic rings. The summed E-state index contributed by atoms with van der Waals surface area (Å²) in [6, 6.07) is 8.50. The molecule has 112 valence electrons. The Balaban J connectivity index is 1.81. The summed E-state index contributed by atoms with van der Waals surface area (Å²) in [7, 11) is 0. The fourth-order valence-corrected chi connectivity index (χ4v) is 2.10. The summed E-state index contributed by atoms with van der Waals surface area (Å²) in [4.78, 5) is 2.20. The smallest absolute Gasteiger partial charge is 0.122 e. The van der Waals surface area contributed by atoms with Crippen LogP contribution < -0.4 is 4.74 Å². The van der Waals surface area contributed by atoms with E-state index in [9.17, 15) is 0 Å². The van der Waals surface area contributed by atoms with Crippen LogP contribution in [0.15, 0.2) is 24.3 Å². The lowest BCUT2D eigenvalue weighted by Crippen LogP contribution is -2.35. The number of hydrogen-bond donors (Lipinski definition) is 0. The molecule has 0 amide bonds. The standard InChI is InChI=1S/C16H25NO3/c1-4-14(3)17-11-18-9-15(20-12-17)10-19-16-8-6-5-7-13(16)2/h5-8,14-15H,4,9-12H2,1-3H3. The Labute approximate surface area is 121 Å². The highest BCUT2D eigenvalue weighted by Crippen LogP contribution is 2.17. The molecule has 4 heteroatoms. The lowest BCUT2D eigenvalue weighted by atomic mass is 10.2. The first-order chi connectivity index (χ1) is 9.70. The fourth-order valence-electron chi connectivity index (χ4n) is 2.10. The predicted molar refractivity (Wildman–Crippen MR) is 78.8 cm³/mol. The molecular weight excluding hydrogens is 254 g/mol. The molecule has 2 atom stereocenters. The molecule has 1 fully saturated rings. The van der Waals surface area contributed by atoms with Crippen molar-refractivity contribution >= 4 is 0 Å². The van der Waals surface area contributed by atoms with E-state index in [2.05, 4.69) is 18.7 Å². The second-order valence-corrected chi connectivity index (χ2v) is 5.34. The third-order valence-corrected chi connectivity index (χ3v) is 3.77. The number of para-hydroxylation sites is 1. The van der Waals surface area contributed by atoms with Crippen molar-refractivity contribution < 1.29 is 14.2 Å². The molecule has 2 unspecified atom stereocenters. The van der Waals surface area contributed by atoms with E-state index in [1.165, 1.54) is 0 Å². The van der Waals surface area contributed by atoms with Crippen molar-refractivity contribution in [3.63, 3.8) is 0 Å². The number of rotatable bonds is 5. The Bertz CT molecular complexity index is 410. The van der Waals surface area contributed by atoms with Gasteiger partial charge in [0.15, 0.2) is 0 Å². The van der Waals surface area contributed by atoms with Crippen LogP contribution in [0.2, 0.25) is 0 Å². The van der Waals surface area contributed by atoms with Gasteiger partial charge in [-0.05, 0) is 31.9 Å². The van der Waals surface area contributed by atoms with Gasteiger partial charge in [0.25, 0.3) is 0 Å². The van der Waals surface area contributed by atoms with Gasteiger partial charge in [-0.15, -0.1) is 0 Å². The van der Waals surface area contributed by atoms with Crippen LogP contribution in [0, 0.1) is 6.92 Å². The van der Waals surface area contributed by atoms with Crippen molar-refractivity contribution in [2.75, 3.05) is 26.7 Å². The highest BCUT2D eigenvalue weighted by Gasteiger charge is 2.21. The molecule has 1 aliphatic heterocycles. The van der Waals surface area contributed by atoms with Crippen LogP contribution in [0.4, 0.5) is 0 Å². The van der Waals surface area contributed by atoms with Crippen LogP contribution in [0.3, 0.4) is 0 Å². The van der Waals surface area contributed by atoms with Gasteiger partial charge in [0.2, 0.25) is 0 Å². The minimum atomic E-state index is -0.0105. The second kappa shape index (κ2) is 7.62. The van der Waals surface area contributed by atoms with Crippen molar-refractivity contribution in [2.24, 2.45) is 0 Å². The molecule has 0 N–H and O–H groups in total. The second-order valence-electron chi connectivity index (χ2n) is 5.34. The van der Waals surface area contributed by atoms with Gasteiger partial charge < -0.3 is 14.2 Å². The van der Waals surface area contributed by atoms with E-state index >= 15 is 0 Å². The SMILES string of the molecule is CCC(C)N1COCC(COc2ccccc2C)OC1. The molecule has 1 aromatic rings. The largest absolute Gasteiger partial charge is 0.491 e. The molecule has 0 radical (unpaired) electrons. The Hall–Kier alpha value is -1.10. The van der Waals surface area contributed by atoms with Crippen molar-refractivity contribution in [2.45, 2.75) is 39.3 Å². The van der Waals surface area contributed by atoms with Gasteiger partial charge in [0.1, 0.15) is 31.9 Å². The minimum Gasteiger partial charge on any atom is -0.491 e. The molecule has 0 aliphatic carbocycles. The number of aryl methyl sites for hydroxylation is 1. The average Bonchev–Trinajstić information content (AvgIpc) is 2.71. The van der Waals surface area contributed by atoms with E-state index in [1.54, 1.807) is 0 Å². The van der Waals surface area contributed by atoms with Crippen molar-refractivity contribution in [3.8, 4) is 5.75 Å². The molecule has 1 heterocycles. The normalized spacial score (nSPS) is 22.2. The molecule has 0 spiro atoms. The quantitative estimate of drug-likeness (QED) is 0.829. The molecule has 0 saturated carbocycles. The topological polar surface area (TPSA) is 30.9 Å². The predicted octanol–water partition coefficient (Wildman–Crippen LogP) is 2.80. The number of ether oxygens (including phenoxy) is 3. The van der Waals surface area contributed by atoms with E-state index in [-0.39, 0.29) is 6.10 Å². The molecule has 2 rings (SSSR count). The van der Waals surface area contributed by atoms with Crippen molar-refractivity contribution in [1.29, 1.82) is 0 Å². The number of nitrogens with zero attached hydrogens (tertiary/aromatic N) is 1. The fraction of sp³-hybridized carbons (Fsp3) is 0.625. The zero-order valence-corrected chi connectivity index (χ0v) is 12.7. The summed E-state index contributed by atoms with van der Waals surface area (Å²) >= 11 is 0. The van der Waals surface area contributed by atoms with Gasteiger partial charge in [-0.2, -0.15) is 0 Å². The maximum Gasteiger partial charge on any atom is 0.122 e. The molecule has 0 aromatic heterocycles. The van der Waals surface area contributed by atoms with Crippen LogP contribution >= 0.6 is 0 Å². The summed E-state index contributed by atoms with van der Waals surface area (Å²) < 4.78 is 17.4. The van der Waals surface area contributed by atoms with Gasteiger partial charge in [0.05, 0.1) is 6.61 Å². The van der Waals surface area contributed by atoms with Crippen LogP contribution in [-0.2, 0) is 9.47 Å². The third kappa shape index (κ3) is 4.20. The minimum absolute atomic E-state index is 0.0105. The van der Waals surface area contributed by atoms with Crippen LogP contribution in [0.25, 0.3) is 0 Å². The highest BCUT2D eigenvalue weighted by atomic mass is 16.6. The van der Waals surface area contributed by atoms with E-state index in [1.807, 2.05) is 31.2 Å². The zero-order chi connectivity index (χ0) is 14.4. The van der Waals surface area contributed by atoms with E-state index in [0.717, 1.165) is 17.7 Å². The lowest BCUT2D eigenvalue weighted by Gasteiger charge is -2.25. The first-order valence-electron chi connectivity index (χ1n) is 7.32. The Morgan fingerprint density at radius 2 is 2.15 bits per heavy atom. The van der Waals surface area contributed by atoms with Gasteiger partial charge in [-0.1, -0.05) is 25.1 Å². The van der Waals surface area contributed by atoms with Crippen LogP contribution in [-0.4, -0.2) is 43.7 Å². The monoisotopic (exact) mass is 279 g/mol. The van der Waals surface area contributed by atoms with E-state index < -0.39 is 0 Å². The summed E-state index contributed by atoms with van der Waals surface area (Å²) in [5.74, 6) is 0.916. The molecule has 1 aromatic carbocycles. The summed E-state index contributed by atoms with van der Waals surface area (Å²) in [5.41, 5.74) is 1.14. The first kappa shape index (κ1) is 15.3. The summed E-state index contributed by atoms with van der Waals surface area (Å²) in [5, 5.41) is 0. The summed E-state index contributed by atoms with van der Waals surface area (Å²) in [6.45, 7) is 8.76. The molecule has 0 bridgehead atoms. The van der Waals surface area contributed by atoms with E-state index in [4.69, 9.17) is 14.2 Å². The molecular formula is C16H25NO3. The highest BCUT2D eigenvalue weighted by molar-refractivity contribution is 5.31. The summed E-state index contributed by atoms with van der Waals surface area (Å²) in [6.07, 6.45) is 1.08. The van der Waals surface area contributed by atoms with Crippen LogP contribution in [0.5, 0.6) is 5.75 Å². The Kier molecular flexibility index (Phi) is 5.83. The maximum absolute atomic E-state index is 5.88. The van der Waals surface area contributed by atoms with Gasteiger partial charge in [-0.3, -0.25) is 4.90 Å². The lowest BCUT2D eigenvalue weighted by molar-refractivity contribution is -0.0305. The Morgan fingerprint density at radius 1 is 1.35 bits per heavy atom. The molecule has 20 heavy (non-hydrogen) atoms. The van der Waals surface area contributed by atoms with E-state index in [0.29, 0.717) is 32.7 Å². The molecule has 4 nitrogen and oxygen atoms in total. The maximum atomic E-state index is 5.88. The number of hydrogen-bond acceptors (Lipinski definition) is 4.